The van der Waals surface area contributed by atoms with Crippen LogP contribution >= 0.6 is 23.2 Å². The molecule has 0 radical (unpaired) electrons. The fourth-order valence-corrected chi connectivity index (χ4v) is 3.27. The Kier molecular flexibility index (Phi) is 5.67. The maximum Gasteiger partial charge on any atom is 0.329 e. The summed E-state index contributed by atoms with van der Waals surface area (Å²) in [4.78, 5) is 49.8. The first-order valence-electron chi connectivity index (χ1n) is 8.17. The molecule has 0 aromatic heterocycles. The van der Waals surface area contributed by atoms with Crippen LogP contribution in [0.1, 0.15) is 27.6 Å². The smallest absolute Gasteiger partial charge is 0.329 e. The van der Waals surface area contributed by atoms with Crippen molar-refractivity contribution in [3.8, 4) is 0 Å². The highest BCUT2D eigenvalue weighted by atomic mass is 35.5. The molecule has 28 heavy (non-hydrogen) atoms. The zero-order valence-corrected chi connectivity index (χ0v) is 16.1. The van der Waals surface area contributed by atoms with Gasteiger partial charge in [-0.25, -0.2) is 4.79 Å². The van der Waals surface area contributed by atoms with Crippen LogP contribution in [0.2, 0.25) is 10.0 Å². The summed E-state index contributed by atoms with van der Waals surface area (Å²) < 4.78 is 4.94. The van der Waals surface area contributed by atoms with Gasteiger partial charge in [0.2, 0.25) is 0 Å². The molecule has 1 N–H and O–H groups in total. The van der Waals surface area contributed by atoms with E-state index in [1.165, 1.54) is 37.3 Å². The monoisotopic (exact) mass is 420 g/mol. The van der Waals surface area contributed by atoms with Crippen LogP contribution in [0.5, 0.6) is 0 Å². The largest absolute Gasteiger partial charge is 0.454 e. The Balaban J connectivity index is 1.60. The number of esters is 1. The molecule has 0 fully saturated rings. The van der Waals surface area contributed by atoms with Crippen molar-refractivity contribution in [1.82, 2.24) is 4.90 Å². The summed E-state index contributed by atoms with van der Waals surface area (Å²) in [6.07, 6.45) is 0. The van der Waals surface area contributed by atoms with Gasteiger partial charge >= 0.3 is 5.97 Å². The Morgan fingerprint density at radius 1 is 1.04 bits per heavy atom. The number of halogens is 2. The van der Waals surface area contributed by atoms with Crippen LogP contribution in [0.25, 0.3) is 0 Å². The van der Waals surface area contributed by atoms with Gasteiger partial charge in [-0.05, 0) is 37.3 Å². The van der Waals surface area contributed by atoms with Gasteiger partial charge in [0.15, 0.2) is 6.61 Å². The van der Waals surface area contributed by atoms with Crippen LogP contribution in [-0.2, 0) is 14.3 Å². The third-order valence-electron chi connectivity index (χ3n) is 4.05. The molecule has 2 aromatic rings. The Hall–Kier alpha value is -2.90. The van der Waals surface area contributed by atoms with Crippen LogP contribution in [0, 0.1) is 0 Å². The van der Waals surface area contributed by atoms with Crippen molar-refractivity contribution in [3.63, 3.8) is 0 Å². The molecule has 7 nitrogen and oxygen atoms in total. The molecule has 0 saturated carbocycles. The van der Waals surface area contributed by atoms with Crippen molar-refractivity contribution >= 4 is 52.6 Å². The molecular formula is C19H14Cl2N2O5. The van der Waals surface area contributed by atoms with Crippen LogP contribution in [0.4, 0.5) is 5.69 Å². The Morgan fingerprint density at radius 3 is 2.11 bits per heavy atom. The van der Waals surface area contributed by atoms with Gasteiger partial charge in [0.25, 0.3) is 17.7 Å². The van der Waals surface area contributed by atoms with Gasteiger partial charge < -0.3 is 10.1 Å². The summed E-state index contributed by atoms with van der Waals surface area (Å²) in [5, 5.41) is 3.15. The second-order valence-electron chi connectivity index (χ2n) is 6.02. The predicted octanol–water partition coefficient (Wildman–Crippen LogP) is 3.16. The maximum absolute atomic E-state index is 12.4. The topological polar surface area (TPSA) is 92.8 Å². The van der Waals surface area contributed by atoms with E-state index >= 15 is 0 Å². The summed E-state index contributed by atoms with van der Waals surface area (Å²) in [5.74, 6) is -2.67. The minimum absolute atomic E-state index is 0.225. The number of carbonyl (C=O) groups excluding carboxylic acids is 4. The van der Waals surface area contributed by atoms with E-state index in [9.17, 15) is 19.2 Å². The van der Waals surface area contributed by atoms with Crippen LogP contribution < -0.4 is 5.32 Å². The highest BCUT2D eigenvalue weighted by Crippen LogP contribution is 2.25. The van der Waals surface area contributed by atoms with Crippen molar-refractivity contribution in [2.45, 2.75) is 13.0 Å². The number of benzene rings is 2. The number of rotatable bonds is 5. The Morgan fingerprint density at radius 2 is 1.57 bits per heavy atom. The Labute approximate surface area is 170 Å². The van der Waals surface area contributed by atoms with Gasteiger partial charge in [-0.2, -0.15) is 0 Å². The van der Waals surface area contributed by atoms with Crippen molar-refractivity contribution in [1.29, 1.82) is 0 Å². The van der Waals surface area contributed by atoms with Crippen molar-refractivity contribution < 1.29 is 23.9 Å². The fraction of sp³-hybridized carbons (Fsp3) is 0.158. The summed E-state index contributed by atoms with van der Waals surface area (Å²) in [7, 11) is 0. The summed E-state index contributed by atoms with van der Waals surface area (Å²) in [6, 6.07) is 9.56. The van der Waals surface area contributed by atoms with Crippen molar-refractivity contribution in [2.75, 3.05) is 11.9 Å². The maximum atomic E-state index is 12.4. The summed E-state index contributed by atoms with van der Waals surface area (Å²) >= 11 is 11.7. The molecule has 2 aromatic carbocycles. The standard InChI is InChI=1S/C19H14Cl2N2O5/c1-10(23-17(25)14-4-2-3-5-15(14)18(23)26)19(27)28-9-16(24)22-13-7-11(20)6-12(21)8-13/h2-8,10H,9H2,1H3,(H,22,24). The van der Waals surface area contributed by atoms with Crippen LogP contribution in [0.15, 0.2) is 42.5 Å². The summed E-state index contributed by atoms with van der Waals surface area (Å²) in [5.41, 5.74) is 0.789. The third kappa shape index (κ3) is 4.00. The number of fused-ring (bicyclic) bond motifs is 1. The second-order valence-corrected chi connectivity index (χ2v) is 6.89. The molecule has 1 heterocycles. The van der Waals surface area contributed by atoms with E-state index in [2.05, 4.69) is 5.32 Å². The number of ether oxygens (including phenoxy) is 1. The van der Waals surface area contributed by atoms with Crippen molar-refractivity contribution in [2.24, 2.45) is 0 Å². The zero-order valence-electron chi connectivity index (χ0n) is 14.6. The molecule has 1 atom stereocenters. The predicted molar refractivity (Wildman–Crippen MR) is 102 cm³/mol. The average molecular weight is 421 g/mol. The molecule has 144 valence electrons. The molecule has 0 spiro atoms. The van der Waals surface area contributed by atoms with E-state index in [0.717, 1.165) is 4.90 Å². The van der Waals surface area contributed by atoms with Gasteiger partial charge in [-0.15, -0.1) is 0 Å². The summed E-state index contributed by atoms with van der Waals surface area (Å²) in [6.45, 7) is 0.759. The average Bonchev–Trinajstić information content (AvgIpc) is 2.89. The van der Waals surface area contributed by atoms with Crippen LogP contribution in [0.3, 0.4) is 0 Å². The fourth-order valence-electron chi connectivity index (χ4n) is 2.75. The van der Waals surface area contributed by atoms with E-state index in [1.54, 1.807) is 12.1 Å². The number of amides is 3. The number of anilines is 1. The lowest BCUT2D eigenvalue weighted by Crippen LogP contribution is -2.44. The molecule has 9 heteroatoms. The van der Waals surface area contributed by atoms with Gasteiger partial charge in [0.05, 0.1) is 11.1 Å². The lowest BCUT2D eigenvalue weighted by Gasteiger charge is -2.20. The van der Waals surface area contributed by atoms with Gasteiger partial charge in [0.1, 0.15) is 6.04 Å². The first-order chi connectivity index (χ1) is 13.3. The molecule has 0 saturated heterocycles. The minimum atomic E-state index is -1.18. The highest BCUT2D eigenvalue weighted by molar-refractivity contribution is 6.35. The van der Waals surface area contributed by atoms with E-state index < -0.39 is 36.3 Å². The third-order valence-corrected chi connectivity index (χ3v) is 4.48. The first-order valence-corrected chi connectivity index (χ1v) is 8.93. The zero-order chi connectivity index (χ0) is 20.4. The van der Waals surface area contributed by atoms with Gasteiger partial charge in [0, 0.05) is 15.7 Å². The molecule has 3 rings (SSSR count). The normalized spacial score (nSPS) is 13.9. The van der Waals surface area contributed by atoms with Crippen LogP contribution in [-0.4, -0.2) is 41.2 Å². The van der Waals surface area contributed by atoms with Gasteiger partial charge in [-0.3, -0.25) is 19.3 Å². The van der Waals surface area contributed by atoms with E-state index in [1.807, 2.05) is 0 Å². The highest BCUT2D eigenvalue weighted by Gasteiger charge is 2.41. The Bertz CT molecular complexity index is 937. The second kappa shape index (κ2) is 8.00. The SMILES string of the molecule is CC(C(=O)OCC(=O)Nc1cc(Cl)cc(Cl)c1)N1C(=O)c2ccccc2C1=O. The molecule has 1 aliphatic heterocycles. The molecule has 1 unspecified atom stereocenters. The number of imide groups is 1. The van der Waals surface area contributed by atoms with Crippen molar-refractivity contribution in [3.05, 3.63) is 63.6 Å². The number of nitrogens with one attached hydrogen (secondary N) is 1. The minimum Gasteiger partial charge on any atom is -0.454 e. The molecule has 0 bridgehead atoms. The van der Waals surface area contributed by atoms with E-state index in [4.69, 9.17) is 27.9 Å². The van der Waals surface area contributed by atoms with E-state index in [-0.39, 0.29) is 11.1 Å². The molecule has 1 aliphatic rings. The number of nitrogens with zero attached hydrogens (tertiary/aromatic N) is 1. The molecule has 3 amide bonds. The number of hydrogen-bond donors (Lipinski definition) is 1. The molecular weight excluding hydrogens is 407 g/mol. The van der Waals surface area contributed by atoms with E-state index in [0.29, 0.717) is 15.7 Å². The van der Waals surface area contributed by atoms with Gasteiger partial charge in [-0.1, -0.05) is 35.3 Å². The number of hydrogen-bond acceptors (Lipinski definition) is 5. The lowest BCUT2D eigenvalue weighted by molar-refractivity contribution is -0.150. The first kappa shape index (κ1) is 19.9. The number of carbonyl (C=O) groups is 4. The lowest BCUT2D eigenvalue weighted by atomic mass is 10.1. The quantitative estimate of drug-likeness (QED) is 0.592. The molecule has 0 aliphatic carbocycles.